The maximum Gasteiger partial charge on any atom is 0.0284 e. The maximum atomic E-state index is 2.42. The van der Waals surface area contributed by atoms with Crippen molar-refractivity contribution < 1.29 is 0 Å². The molecule has 2 aromatic carbocycles. The van der Waals surface area contributed by atoms with E-state index in [1.54, 1.807) is 0 Å². The molecule has 0 heteroatoms. The lowest BCUT2D eigenvalue weighted by atomic mass is 9.64. The van der Waals surface area contributed by atoms with Gasteiger partial charge in [0.2, 0.25) is 0 Å². The van der Waals surface area contributed by atoms with E-state index in [1.807, 2.05) is 0 Å². The van der Waals surface area contributed by atoms with E-state index in [0.717, 1.165) is 6.42 Å². The summed E-state index contributed by atoms with van der Waals surface area (Å²) in [6.07, 6.45) is 16.9. The third-order valence-corrected chi connectivity index (χ3v) is 6.14. The van der Waals surface area contributed by atoms with Crippen molar-refractivity contribution in [3.05, 3.63) is 119 Å². The van der Waals surface area contributed by atoms with Gasteiger partial charge in [0, 0.05) is 11.3 Å². The highest BCUT2D eigenvalue weighted by Crippen LogP contribution is 2.48. The highest BCUT2D eigenvalue weighted by Gasteiger charge is 2.41. The summed E-state index contributed by atoms with van der Waals surface area (Å²) in [4.78, 5) is 0. The van der Waals surface area contributed by atoms with Crippen molar-refractivity contribution in [2.75, 3.05) is 0 Å². The molecular weight excluding hydrogens is 312 g/mol. The Hall–Kier alpha value is -2.86. The zero-order chi connectivity index (χ0) is 17.6. The topological polar surface area (TPSA) is 0 Å². The first-order valence-electron chi connectivity index (χ1n) is 9.41. The first-order chi connectivity index (χ1) is 12.8. The van der Waals surface area contributed by atoms with E-state index < -0.39 is 0 Å². The van der Waals surface area contributed by atoms with E-state index in [2.05, 4.69) is 104 Å². The van der Waals surface area contributed by atoms with Gasteiger partial charge < -0.3 is 0 Å². The van der Waals surface area contributed by atoms with Gasteiger partial charge in [-0.2, -0.15) is 0 Å². The molecule has 0 heterocycles. The van der Waals surface area contributed by atoms with Crippen molar-refractivity contribution in [2.45, 2.75) is 18.8 Å². The summed E-state index contributed by atoms with van der Waals surface area (Å²) < 4.78 is 0. The molecule has 0 nitrogen and oxygen atoms in total. The van der Waals surface area contributed by atoms with Crippen LogP contribution in [0.15, 0.2) is 103 Å². The summed E-state index contributed by atoms with van der Waals surface area (Å²) in [5.74, 6) is 0.360. The van der Waals surface area contributed by atoms with Crippen molar-refractivity contribution in [1.29, 1.82) is 0 Å². The van der Waals surface area contributed by atoms with Crippen LogP contribution in [0, 0.1) is 5.92 Å². The fourth-order valence-corrected chi connectivity index (χ4v) is 4.82. The molecular formula is C26H22. The van der Waals surface area contributed by atoms with Crippen LogP contribution < -0.4 is 10.4 Å². The van der Waals surface area contributed by atoms with Crippen LogP contribution in [0.3, 0.4) is 0 Å². The summed E-state index contributed by atoms with van der Waals surface area (Å²) >= 11 is 0. The molecule has 0 amide bonds. The summed E-state index contributed by atoms with van der Waals surface area (Å²) in [6.45, 7) is 2.42. The first-order valence-corrected chi connectivity index (χ1v) is 9.41. The van der Waals surface area contributed by atoms with Gasteiger partial charge in [0.25, 0.3) is 0 Å². The van der Waals surface area contributed by atoms with Gasteiger partial charge in [0.05, 0.1) is 0 Å². The van der Waals surface area contributed by atoms with E-state index >= 15 is 0 Å². The lowest BCUT2D eigenvalue weighted by Gasteiger charge is -2.38. The number of benzene rings is 2. The second-order valence-electron chi connectivity index (χ2n) is 7.48. The molecule has 0 aliphatic heterocycles. The Balaban J connectivity index is 1.88. The van der Waals surface area contributed by atoms with Gasteiger partial charge in [-0.05, 0) is 39.1 Å². The third-order valence-electron chi connectivity index (χ3n) is 6.14. The number of fused-ring (bicyclic) bond motifs is 2. The predicted octanol–water partition coefficient (Wildman–Crippen LogP) is 4.59. The quantitative estimate of drug-likeness (QED) is 0.770. The molecule has 3 aliphatic rings. The van der Waals surface area contributed by atoms with Gasteiger partial charge in [-0.3, -0.25) is 0 Å². The fraction of sp³-hybridized carbons (Fsp3) is 0.154. The van der Waals surface area contributed by atoms with Gasteiger partial charge in [0.15, 0.2) is 0 Å². The maximum absolute atomic E-state index is 2.42. The fourth-order valence-electron chi connectivity index (χ4n) is 4.82. The molecule has 5 rings (SSSR count). The van der Waals surface area contributed by atoms with E-state index in [9.17, 15) is 0 Å². The molecule has 1 unspecified atom stereocenters. The summed E-state index contributed by atoms with van der Waals surface area (Å²) in [5.41, 5.74) is 5.65. The van der Waals surface area contributed by atoms with Gasteiger partial charge >= 0.3 is 0 Å². The van der Waals surface area contributed by atoms with Crippen LogP contribution in [-0.2, 0) is 5.41 Å². The Labute approximate surface area is 154 Å². The molecule has 0 spiro atoms. The minimum absolute atomic E-state index is 0.0976. The molecule has 0 saturated heterocycles. The normalized spacial score (nSPS) is 20.1. The van der Waals surface area contributed by atoms with Gasteiger partial charge in [0.1, 0.15) is 0 Å². The number of hydrogen-bond acceptors (Lipinski definition) is 0. The minimum atomic E-state index is -0.0976. The Morgan fingerprint density at radius 3 is 2.27 bits per heavy atom. The van der Waals surface area contributed by atoms with E-state index in [4.69, 9.17) is 0 Å². The van der Waals surface area contributed by atoms with Crippen molar-refractivity contribution in [1.82, 2.24) is 0 Å². The van der Waals surface area contributed by atoms with E-state index in [1.165, 1.54) is 32.7 Å². The molecule has 0 fully saturated rings. The van der Waals surface area contributed by atoms with Crippen LogP contribution in [0.5, 0.6) is 0 Å². The Bertz CT molecular complexity index is 1090. The monoisotopic (exact) mass is 334 g/mol. The van der Waals surface area contributed by atoms with Gasteiger partial charge in [-0.1, -0.05) is 104 Å². The van der Waals surface area contributed by atoms with Crippen LogP contribution in [0.4, 0.5) is 0 Å². The average molecular weight is 334 g/mol. The largest absolute Gasteiger partial charge is 0.0801 e. The molecule has 26 heavy (non-hydrogen) atoms. The molecule has 126 valence electrons. The number of hydrogen-bond donors (Lipinski definition) is 0. The van der Waals surface area contributed by atoms with Crippen LogP contribution >= 0.6 is 0 Å². The molecule has 0 saturated carbocycles. The molecule has 3 aliphatic carbocycles. The first kappa shape index (κ1) is 15.4. The zero-order valence-corrected chi connectivity index (χ0v) is 15.0. The molecule has 1 atom stereocenters. The van der Waals surface area contributed by atoms with E-state index in [-0.39, 0.29) is 5.41 Å². The molecule has 0 radical (unpaired) electrons. The van der Waals surface area contributed by atoms with E-state index in [0.29, 0.717) is 5.92 Å². The van der Waals surface area contributed by atoms with Crippen molar-refractivity contribution in [3.8, 4) is 0 Å². The molecule has 0 aromatic heterocycles. The number of rotatable bonds is 3. The third kappa shape index (κ3) is 2.08. The lowest BCUT2D eigenvalue weighted by Crippen LogP contribution is -2.36. The average Bonchev–Trinajstić information content (AvgIpc) is 3.35. The van der Waals surface area contributed by atoms with Crippen molar-refractivity contribution in [3.63, 3.8) is 0 Å². The second-order valence-corrected chi connectivity index (χ2v) is 7.48. The molecule has 0 bridgehead atoms. The number of allylic oxidation sites excluding steroid dienone is 8. The van der Waals surface area contributed by atoms with Gasteiger partial charge in [-0.25, -0.2) is 0 Å². The highest BCUT2D eigenvalue weighted by molar-refractivity contribution is 5.95. The standard InChI is InChI=1S/C26H22/c1-26(20-13-5-6-14-20,19-11-3-2-4-12-19)25-23-17-9-7-15-21(23)22-16-8-10-18-24(22)25/h2-15,17-18,20H,16H2,1H3. The van der Waals surface area contributed by atoms with Crippen LogP contribution in [0.2, 0.25) is 0 Å². The highest BCUT2D eigenvalue weighted by atomic mass is 14.4. The zero-order valence-electron chi connectivity index (χ0n) is 15.0. The Morgan fingerprint density at radius 1 is 0.808 bits per heavy atom. The summed E-state index contributed by atoms with van der Waals surface area (Å²) in [7, 11) is 0. The summed E-state index contributed by atoms with van der Waals surface area (Å²) in [6, 6.07) is 19.9. The molecule has 0 N–H and O–H groups in total. The Kier molecular flexibility index (Phi) is 3.46. The minimum Gasteiger partial charge on any atom is -0.0801 e. The van der Waals surface area contributed by atoms with Crippen LogP contribution in [0.25, 0.3) is 11.1 Å². The van der Waals surface area contributed by atoms with Crippen LogP contribution in [-0.4, -0.2) is 0 Å². The van der Waals surface area contributed by atoms with Gasteiger partial charge in [-0.15, -0.1) is 0 Å². The van der Waals surface area contributed by atoms with Crippen molar-refractivity contribution >= 4 is 11.1 Å². The molecule has 2 aromatic rings. The van der Waals surface area contributed by atoms with Crippen LogP contribution in [0.1, 0.15) is 18.9 Å². The smallest absolute Gasteiger partial charge is 0.0284 e. The lowest BCUT2D eigenvalue weighted by molar-refractivity contribution is 0.524. The SMILES string of the molecule is CC(C1=c2ccccc2=C2CC=CC=C21)(c1ccccc1)C1C=CC=C1. The Morgan fingerprint density at radius 2 is 1.50 bits per heavy atom. The van der Waals surface area contributed by atoms with Crippen molar-refractivity contribution in [2.24, 2.45) is 5.92 Å². The second kappa shape index (κ2) is 5.85. The predicted molar refractivity (Wildman–Crippen MR) is 110 cm³/mol. The summed E-state index contributed by atoms with van der Waals surface area (Å²) in [5, 5.41) is 2.81.